The molecular formula is C16H17FN2O2. The van der Waals surface area contributed by atoms with Crippen LogP contribution in [0.3, 0.4) is 0 Å². The Morgan fingerprint density at radius 1 is 1.38 bits per heavy atom. The van der Waals surface area contributed by atoms with Crippen molar-refractivity contribution < 1.29 is 13.9 Å². The summed E-state index contributed by atoms with van der Waals surface area (Å²) in [6, 6.07) is 5.95. The zero-order valence-electron chi connectivity index (χ0n) is 12.2. The van der Waals surface area contributed by atoms with E-state index in [-0.39, 0.29) is 11.9 Å². The van der Waals surface area contributed by atoms with E-state index in [2.05, 4.69) is 10.3 Å². The normalized spacial score (nSPS) is 11.8. The third-order valence-corrected chi connectivity index (χ3v) is 3.25. The minimum absolute atomic E-state index is 0.191. The Balaban J connectivity index is 2.27. The van der Waals surface area contributed by atoms with Crippen molar-refractivity contribution in [3.8, 4) is 5.75 Å². The molecule has 5 heteroatoms. The van der Waals surface area contributed by atoms with E-state index >= 15 is 0 Å². The fourth-order valence-corrected chi connectivity index (χ4v) is 2.14. The number of aromatic nitrogens is 1. The van der Waals surface area contributed by atoms with Gasteiger partial charge in [-0.1, -0.05) is 0 Å². The van der Waals surface area contributed by atoms with Crippen LogP contribution in [-0.4, -0.2) is 18.4 Å². The molecule has 21 heavy (non-hydrogen) atoms. The second-order valence-corrected chi connectivity index (χ2v) is 4.80. The van der Waals surface area contributed by atoms with E-state index in [0.717, 1.165) is 11.8 Å². The van der Waals surface area contributed by atoms with Crippen LogP contribution in [-0.2, 0) is 0 Å². The molecule has 0 radical (unpaired) electrons. The van der Waals surface area contributed by atoms with Crippen molar-refractivity contribution >= 4 is 12.1 Å². The van der Waals surface area contributed by atoms with E-state index in [4.69, 9.17) is 4.74 Å². The van der Waals surface area contributed by atoms with E-state index in [9.17, 15) is 9.18 Å². The molecule has 0 aliphatic heterocycles. The van der Waals surface area contributed by atoms with Gasteiger partial charge in [-0.2, -0.15) is 0 Å². The number of pyridine rings is 1. The summed E-state index contributed by atoms with van der Waals surface area (Å²) >= 11 is 0. The molecule has 0 saturated heterocycles. The maximum absolute atomic E-state index is 13.4. The molecule has 0 saturated carbocycles. The molecule has 0 fully saturated rings. The van der Waals surface area contributed by atoms with Gasteiger partial charge < -0.3 is 10.1 Å². The summed E-state index contributed by atoms with van der Waals surface area (Å²) in [5, 5.41) is 3.21. The molecule has 0 spiro atoms. The number of aryl methyl sites for hydroxylation is 1. The van der Waals surface area contributed by atoms with Gasteiger partial charge in [-0.05, 0) is 43.7 Å². The molecule has 1 aromatic carbocycles. The van der Waals surface area contributed by atoms with Crippen LogP contribution >= 0.6 is 0 Å². The average molecular weight is 288 g/mol. The van der Waals surface area contributed by atoms with E-state index in [0.29, 0.717) is 22.7 Å². The van der Waals surface area contributed by atoms with Crippen molar-refractivity contribution in [1.29, 1.82) is 0 Å². The molecular weight excluding hydrogens is 271 g/mol. The van der Waals surface area contributed by atoms with Gasteiger partial charge in [0.15, 0.2) is 6.29 Å². The van der Waals surface area contributed by atoms with Crippen LogP contribution in [0, 0.1) is 12.7 Å². The summed E-state index contributed by atoms with van der Waals surface area (Å²) in [6.07, 6.45) is 2.25. The Morgan fingerprint density at radius 3 is 2.76 bits per heavy atom. The molecule has 1 N–H and O–H groups in total. The Bertz CT molecular complexity index is 659. The fourth-order valence-electron chi connectivity index (χ4n) is 2.14. The third kappa shape index (κ3) is 3.37. The molecule has 0 aliphatic rings. The molecule has 0 bridgehead atoms. The maximum atomic E-state index is 13.4. The van der Waals surface area contributed by atoms with Gasteiger partial charge in [-0.15, -0.1) is 0 Å². The van der Waals surface area contributed by atoms with E-state index in [1.54, 1.807) is 19.2 Å². The number of halogens is 1. The van der Waals surface area contributed by atoms with Gasteiger partial charge >= 0.3 is 0 Å². The number of nitrogens with one attached hydrogen (secondary N) is 1. The van der Waals surface area contributed by atoms with E-state index in [1.165, 1.54) is 18.3 Å². The summed E-state index contributed by atoms with van der Waals surface area (Å²) in [7, 11) is 1.55. The minimum Gasteiger partial charge on any atom is -0.496 e. The first-order valence-corrected chi connectivity index (χ1v) is 6.57. The number of aldehydes is 1. The highest BCUT2D eigenvalue weighted by Crippen LogP contribution is 2.28. The topological polar surface area (TPSA) is 51.2 Å². The van der Waals surface area contributed by atoms with Gasteiger partial charge in [0, 0.05) is 17.3 Å². The van der Waals surface area contributed by atoms with Crippen LogP contribution < -0.4 is 10.1 Å². The Morgan fingerprint density at radius 2 is 2.14 bits per heavy atom. The SMILES string of the molecule is COc1ccc(F)cc1C(C)Nc1ncc(C=O)cc1C. The van der Waals surface area contributed by atoms with Gasteiger partial charge in [0.05, 0.1) is 13.2 Å². The Kier molecular flexibility index (Phi) is 4.52. The number of hydrogen-bond donors (Lipinski definition) is 1. The van der Waals surface area contributed by atoms with Crippen molar-refractivity contribution in [3.05, 3.63) is 53.0 Å². The highest BCUT2D eigenvalue weighted by molar-refractivity contribution is 5.75. The number of benzene rings is 1. The first-order valence-electron chi connectivity index (χ1n) is 6.57. The number of rotatable bonds is 5. The maximum Gasteiger partial charge on any atom is 0.151 e. The van der Waals surface area contributed by atoms with Crippen molar-refractivity contribution in [2.75, 3.05) is 12.4 Å². The first-order chi connectivity index (χ1) is 10.0. The molecule has 1 aromatic heterocycles. The fraction of sp³-hybridized carbons (Fsp3) is 0.250. The largest absolute Gasteiger partial charge is 0.496 e. The number of methoxy groups -OCH3 is 1. The lowest BCUT2D eigenvalue weighted by Gasteiger charge is -2.19. The molecule has 1 heterocycles. The van der Waals surface area contributed by atoms with Crippen LogP contribution in [0.2, 0.25) is 0 Å². The highest BCUT2D eigenvalue weighted by Gasteiger charge is 2.14. The predicted molar refractivity (Wildman–Crippen MR) is 79.4 cm³/mol. The molecule has 110 valence electrons. The highest BCUT2D eigenvalue weighted by atomic mass is 19.1. The summed E-state index contributed by atoms with van der Waals surface area (Å²) in [5.41, 5.74) is 2.08. The van der Waals surface area contributed by atoms with Crippen molar-refractivity contribution in [3.63, 3.8) is 0 Å². The van der Waals surface area contributed by atoms with Crippen LogP contribution in [0.1, 0.15) is 34.5 Å². The summed E-state index contributed by atoms with van der Waals surface area (Å²) in [5.74, 6) is 0.943. The van der Waals surface area contributed by atoms with Gasteiger partial charge in [-0.3, -0.25) is 4.79 Å². The van der Waals surface area contributed by atoms with Crippen LogP contribution in [0.4, 0.5) is 10.2 Å². The number of carbonyl (C=O) groups is 1. The predicted octanol–water partition coefficient (Wildman–Crippen LogP) is 3.52. The molecule has 2 rings (SSSR count). The average Bonchev–Trinajstić information content (AvgIpc) is 2.49. The smallest absolute Gasteiger partial charge is 0.151 e. The standard InChI is InChI=1S/C16H17FN2O2/c1-10-6-12(9-20)8-18-16(10)19-11(2)14-7-13(17)4-5-15(14)21-3/h4-9,11H,1-3H3,(H,18,19). The first kappa shape index (κ1) is 15.0. The molecule has 2 aromatic rings. The zero-order valence-corrected chi connectivity index (χ0v) is 12.2. The molecule has 4 nitrogen and oxygen atoms in total. The quantitative estimate of drug-likeness (QED) is 0.855. The molecule has 0 aliphatic carbocycles. The van der Waals surface area contributed by atoms with Gasteiger partial charge in [-0.25, -0.2) is 9.37 Å². The van der Waals surface area contributed by atoms with Gasteiger partial charge in [0.1, 0.15) is 17.4 Å². The molecule has 1 atom stereocenters. The second kappa shape index (κ2) is 6.35. The lowest BCUT2D eigenvalue weighted by atomic mass is 10.1. The van der Waals surface area contributed by atoms with Crippen molar-refractivity contribution in [2.45, 2.75) is 19.9 Å². The van der Waals surface area contributed by atoms with Gasteiger partial charge in [0.25, 0.3) is 0 Å². The zero-order chi connectivity index (χ0) is 15.4. The lowest BCUT2D eigenvalue weighted by Crippen LogP contribution is -2.11. The minimum atomic E-state index is -0.319. The van der Waals surface area contributed by atoms with Crippen molar-refractivity contribution in [2.24, 2.45) is 0 Å². The van der Waals surface area contributed by atoms with Crippen LogP contribution in [0.25, 0.3) is 0 Å². The summed E-state index contributed by atoms with van der Waals surface area (Å²) in [4.78, 5) is 14.9. The Hall–Kier alpha value is -2.43. The number of ether oxygens (including phenoxy) is 1. The van der Waals surface area contributed by atoms with Crippen LogP contribution in [0.15, 0.2) is 30.5 Å². The Labute approximate surface area is 123 Å². The van der Waals surface area contributed by atoms with Crippen LogP contribution in [0.5, 0.6) is 5.75 Å². The summed E-state index contributed by atoms with van der Waals surface area (Å²) < 4.78 is 18.7. The van der Waals surface area contributed by atoms with Gasteiger partial charge in [0.2, 0.25) is 0 Å². The monoisotopic (exact) mass is 288 g/mol. The second-order valence-electron chi connectivity index (χ2n) is 4.80. The third-order valence-electron chi connectivity index (χ3n) is 3.25. The molecule has 0 amide bonds. The number of carbonyl (C=O) groups excluding carboxylic acids is 1. The number of nitrogens with zero attached hydrogens (tertiary/aromatic N) is 1. The summed E-state index contributed by atoms with van der Waals surface area (Å²) in [6.45, 7) is 3.75. The van der Waals surface area contributed by atoms with Crippen molar-refractivity contribution in [1.82, 2.24) is 4.98 Å². The molecule has 1 unspecified atom stereocenters. The lowest BCUT2D eigenvalue weighted by molar-refractivity contribution is 0.112. The number of anilines is 1. The number of hydrogen-bond acceptors (Lipinski definition) is 4. The van der Waals surface area contributed by atoms with E-state index < -0.39 is 0 Å². The van der Waals surface area contributed by atoms with E-state index in [1.807, 2.05) is 13.8 Å².